The summed E-state index contributed by atoms with van der Waals surface area (Å²) >= 11 is 0. The van der Waals surface area contributed by atoms with E-state index in [-0.39, 0.29) is 12.1 Å². The highest BCUT2D eigenvalue weighted by atomic mass is 19.4. The number of alkyl halides is 3. The number of aromatic nitrogens is 3. The van der Waals surface area contributed by atoms with E-state index in [1.807, 2.05) is 0 Å². The molecule has 0 saturated heterocycles. The maximum Gasteiger partial charge on any atom is 0.389 e. The molecule has 2 aromatic rings. The van der Waals surface area contributed by atoms with Crippen molar-refractivity contribution in [3.63, 3.8) is 0 Å². The molecule has 2 heterocycles. The van der Waals surface area contributed by atoms with Crippen molar-refractivity contribution in [3.05, 3.63) is 24.2 Å². The molecule has 0 aliphatic carbocycles. The van der Waals surface area contributed by atoms with Crippen LogP contribution in [0.3, 0.4) is 0 Å². The lowest BCUT2D eigenvalue weighted by molar-refractivity contribution is -0.142. The van der Waals surface area contributed by atoms with Crippen LogP contribution < -0.4 is 5.32 Å². The minimum absolute atomic E-state index is 0.0503. The first kappa shape index (κ1) is 14.3. The molecule has 1 amide bonds. The molecule has 2 aromatic heterocycles. The molecule has 0 saturated carbocycles. The Balaban J connectivity index is 1.99. The quantitative estimate of drug-likeness (QED) is 0.905. The number of aromatic amines is 1. The zero-order valence-electron chi connectivity index (χ0n) is 10.7. The minimum atomic E-state index is -4.23. The number of rotatable bonds is 4. The van der Waals surface area contributed by atoms with Gasteiger partial charge in [-0.05, 0) is 5.92 Å². The van der Waals surface area contributed by atoms with Gasteiger partial charge in [0.15, 0.2) is 5.65 Å². The van der Waals surface area contributed by atoms with Crippen molar-refractivity contribution in [1.29, 1.82) is 0 Å². The number of amides is 1. The van der Waals surface area contributed by atoms with E-state index in [0.717, 1.165) is 0 Å². The van der Waals surface area contributed by atoms with Crippen molar-refractivity contribution in [1.82, 2.24) is 20.3 Å². The molecule has 108 valence electrons. The normalized spacial score (nSPS) is 13.4. The lowest BCUT2D eigenvalue weighted by Gasteiger charge is -2.14. The van der Waals surface area contributed by atoms with Gasteiger partial charge in [-0.2, -0.15) is 13.2 Å². The van der Waals surface area contributed by atoms with Crippen LogP contribution in [-0.4, -0.2) is 33.6 Å². The third-order valence-electron chi connectivity index (χ3n) is 2.74. The van der Waals surface area contributed by atoms with E-state index >= 15 is 0 Å². The van der Waals surface area contributed by atoms with Gasteiger partial charge in [0, 0.05) is 31.6 Å². The SMILES string of the molecule is CC(CNC(=O)c1c[nH]c2nccnc12)CC(F)(F)F. The topological polar surface area (TPSA) is 70.7 Å². The predicted octanol–water partition coefficient (Wildman–Crippen LogP) is 2.28. The second-order valence-electron chi connectivity index (χ2n) is 4.59. The average Bonchev–Trinajstić information content (AvgIpc) is 2.78. The monoisotopic (exact) mass is 286 g/mol. The van der Waals surface area contributed by atoms with Crippen molar-refractivity contribution < 1.29 is 18.0 Å². The first-order valence-corrected chi connectivity index (χ1v) is 6.00. The summed E-state index contributed by atoms with van der Waals surface area (Å²) in [6, 6.07) is 0. The molecule has 0 spiro atoms. The fraction of sp³-hybridized carbons (Fsp3) is 0.417. The molecule has 1 atom stereocenters. The number of nitrogens with zero attached hydrogens (tertiary/aromatic N) is 2. The smallest absolute Gasteiger partial charge is 0.352 e. The summed E-state index contributed by atoms with van der Waals surface area (Å²) in [4.78, 5) is 22.7. The van der Waals surface area contributed by atoms with Crippen molar-refractivity contribution in [2.45, 2.75) is 19.5 Å². The van der Waals surface area contributed by atoms with Gasteiger partial charge in [0.25, 0.3) is 5.91 Å². The number of hydrogen-bond acceptors (Lipinski definition) is 3. The molecule has 2 N–H and O–H groups in total. The molecular formula is C12H13F3N4O. The molecule has 0 radical (unpaired) electrons. The van der Waals surface area contributed by atoms with E-state index in [1.54, 1.807) is 0 Å². The predicted molar refractivity (Wildman–Crippen MR) is 66.1 cm³/mol. The summed E-state index contributed by atoms with van der Waals surface area (Å²) in [6.45, 7) is 1.38. The van der Waals surface area contributed by atoms with Crippen molar-refractivity contribution in [2.75, 3.05) is 6.54 Å². The Kier molecular flexibility index (Phi) is 3.91. The Morgan fingerprint density at radius 3 is 2.80 bits per heavy atom. The lowest BCUT2D eigenvalue weighted by atomic mass is 10.1. The molecule has 8 heteroatoms. The van der Waals surface area contributed by atoms with E-state index in [4.69, 9.17) is 0 Å². The van der Waals surface area contributed by atoms with Crippen LogP contribution in [0.2, 0.25) is 0 Å². The average molecular weight is 286 g/mol. The van der Waals surface area contributed by atoms with E-state index < -0.39 is 24.4 Å². The number of hydrogen-bond donors (Lipinski definition) is 2. The molecule has 2 rings (SSSR count). The van der Waals surface area contributed by atoms with Crippen LogP contribution >= 0.6 is 0 Å². The summed E-state index contributed by atoms with van der Waals surface area (Å²) in [5.74, 6) is -1.15. The molecule has 20 heavy (non-hydrogen) atoms. The number of fused-ring (bicyclic) bond motifs is 1. The number of halogens is 3. The first-order valence-electron chi connectivity index (χ1n) is 6.00. The zero-order valence-corrected chi connectivity index (χ0v) is 10.7. The summed E-state index contributed by atoms with van der Waals surface area (Å²) in [7, 11) is 0. The molecule has 0 fully saturated rings. The van der Waals surface area contributed by atoms with Crippen LogP contribution in [0.4, 0.5) is 13.2 Å². The maximum atomic E-state index is 12.2. The number of carbonyl (C=O) groups is 1. The van der Waals surface area contributed by atoms with Gasteiger partial charge >= 0.3 is 6.18 Å². The van der Waals surface area contributed by atoms with Crippen molar-refractivity contribution in [3.8, 4) is 0 Å². The van der Waals surface area contributed by atoms with Gasteiger partial charge in [0.2, 0.25) is 0 Å². The molecule has 0 aliphatic rings. The largest absolute Gasteiger partial charge is 0.389 e. The molecule has 1 unspecified atom stereocenters. The summed E-state index contributed by atoms with van der Waals surface area (Å²) in [5, 5.41) is 2.47. The summed E-state index contributed by atoms with van der Waals surface area (Å²) < 4.78 is 36.5. The highest BCUT2D eigenvalue weighted by molar-refractivity contribution is 6.04. The van der Waals surface area contributed by atoms with E-state index in [1.165, 1.54) is 25.5 Å². The van der Waals surface area contributed by atoms with Gasteiger partial charge in [-0.3, -0.25) is 9.78 Å². The Morgan fingerprint density at radius 1 is 1.40 bits per heavy atom. The third kappa shape index (κ3) is 3.46. The van der Waals surface area contributed by atoms with Crippen LogP contribution in [0.5, 0.6) is 0 Å². The summed E-state index contributed by atoms with van der Waals surface area (Å²) in [6.07, 6.45) is -0.795. The molecule has 0 aromatic carbocycles. The lowest BCUT2D eigenvalue weighted by Crippen LogP contribution is -2.30. The van der Waals surface area contributed by atoms with E-state index in [0.29, 0.717) is 11.2 Å². The Bertz CT molecular complexity index is 608. The van der Waals surface area contributed by atoms with Crippen LogP contribution in [-0.2, 0) is 0 Å². The van der Waals surface area contributed by atoms with Crippen molar-refractivity contribution >= 4 is 17.1 Å². The zero-order chi connectivity index (χ0) is 14.8. The highest BCUT2D eigenvalue weighted by Gasteiger charge is 2.30. The van der Waals surface area contributed by atoms with Gasteiger partial charge in [0.1, 0.15) is 5.52 Å². The van der Waals surface area contributed by atoms with Crippen LogP contribution in [0.25, 0.3) is 11.2 Å². The molecule has 0 aliphatic heterocycles. The Morgan fingerprint density at radius 2 is 2.10 bits per heavy atom. The fourth-order valence-electron chi connectivity index (χ4n) is 1.85. The van der Waals surface area contributed by atoms with Gasteiger partial charge < -0.3 is 10.3 Å². The van der Waals surface area contributed by atoms with Crippen molar-refractivity contribution in [2.24, 2.45) is 5.92 Å². The number of nitrogens with one attached hydrogen (secondary N) is 2. The third-order valence-corrected chi connectivity index (χ3v) is 2.74. The van der Waals surface area contributed by atoms with Gasteiger partial charge in [-0.1, -0.05) is 6.92 Å². The van der Waals surface area contributed by atoms with Gasteiger partial charge in [-0.25, -0.2) is 4.98 Å². The Hall–Kier alpha value is -2.12. The summed E-state index contributed by atoms with van der Waals surface area (Å²) in [5.41, 5.74) is 1.13. The van der Waals surface area contributed by atoms with E-state index in [2.05, 4.69) is 20.3 Å². The second-order valence-corrected chi connectivity index (χ2v) is 4.59. The van der Waals surface area contributed by atoms with Gasteiger partial charge in [-0.15, -0.1) is 0 Å². The molecular weight excluding hydrogens is 273 g/mol. The van der Waals surface area contributed by atoms with Crippen LogP contribution in [0.15, 0.2) is 18.6 Å². The first-order chi connectivity index (χ1) is 9.37. The minimum Gasteiger partial charge on any atom is -0.352 e. The Labute approximate surface area is 112 Å². The molecule has 5 nitrogen and oxygen atoms in total. The van der Waals surface area contributed by atoms with Gasteiger partial charge in [0.05, 0.1) is 5.56 Å². The second kappa shape index (κ2) is 5.48. The highest BCUT2D eigenvalue weighted by Crippen LogP contribution is 2.24. The maximum absolute atomic E-state index is 12.2. The number of carbonyl (C=O) groups excluding carboxylic acids is 1. The van der Waals surface area contributed by atoms with Crippen LogP contribution in [0.1, 0.15) is 23.7 Å². The molecule has 0 bridgehead atoms. The standard InChI is InChI=1S/C12H13F3N4O/c1-7(4-12(13,14)15)5-19-11(20)8-6-18-10-9(8)16-2-3-17-10/h2-3,6-7H,4-5H2,1H3,(H,17,18)(H,19,20). The van der Waals surface area contributed by atoms with E-state index in [9.17, 15) is 18.0 Å². The number of H-pyrrole nitrogens is 1. The van der Waals surface area contributed by atoms with Crippen LogP contribution in [0, 0.1) is 5.92 Å². The fourth-order valence-corrected chi connectivity index (χ4v) is 1.85.